The van der Waals surface area contributed by atoms with Gasteiger partial charge in [0.15, 0.2) is 10.9 Å². The normalized spacial score (nSPS) is 10.6. The van der Waals surface area contributed by atoms with Gasteiger partial charge in [0.2, 0.25) is 0 Å². The Labute approximate surface area is 226 Å². The largest absolute Gasteiger partial charge is 0.332 e. The van der Waals surface area contributed by atoms with Crippen molar-refractivity contribution in [3.05, 3.63) is 124 Å². The summed E-state index contributed by atoms with van der Waals surface area (Å²) in [6.07, 6.45) is 0. The molecule has 37 heavy (non-hydrogen) atoms. The van der Waals surface area contributed by atoms with Crippen LogP contribution in [-0.2, 0) is 0 Å². The van der Waals surface area contributed by atoms with Gasteiger partial charge < -0.3 is 10.6 Å². The van der Waals surface area contributed by atoms with Crippen molar-refractivity contribution in [1.82, 2.24) is 9.66 Å². The monoisotopic (exact) mass is 569 g/mol. The maximum absolute atomic E-state index is 13.3. The summed E-state index contributed by atoms with van der Waals surface area (Å²) in [4.78, 5) is 31.1. The number of aromatic nitrogens is 2. The minimum Gasteiger partial charge on any atom is -0.332 e. The molecule has 182 valence electrons. The molecule has 0 bridgehead atoms. The number of fused-ring (bicyclic) bond motifs is 1. The van der Waals surface area contributed by atoms with Gasteiger partial charge in [0.25, 0.3) is 11.5 Å². The van der Waals surface area contributed by atoms with Gasteiger partial charge in [-0.15, -0.1) is 0 Å². The second-order valence-corrected chi connectivity index (χ2v) is 9.39. The van der Waals surface area contributed by atoms with Gasteiger partial charge in [-0.25, -0.2) is 4.98 Å². The zero-order valence-corrected chi connectivity index (χ0v) is 21.7. The molecule has 3 N–H and O–H groups in total. The molecule has 7 nitrogen and oxygen atoms in total. The van der Waals surface area contributed by atoms with Crippen LogP contribution in [-0.4, -0.2) is 20.7 Å². The van der Waals surface area contributed by atoms with Gasteiger partial charge in [0.1, 0.15) is 0 Å². The molecule has 1 heterocycles. The fourth-order valence-corrected chi connectivity index (χ4v) is 4.22. The quantitative estimate of drug-likeness (QED) is 0.224. The van der Waals surface area contributed by atoms with Gasteiger partial charge in [-0.1, -0.05) is 58.4 Å². The number of rotatable bonds is 5. The molecule has 0 aliphatic carbocycles. The number of halogens is 1. The molecule has 0 spiro atoms. The molecule has 1 aromatic heterocycles. The third-order valence-corrected chi connectivity index (χ3v) is 6.26. The molecule has 0 unspecified atom stereocenters. The van der Waals surface area contributed by atoms with E-state index in [1.807, 2.05) is 60.7 Å². The molecular formula is C28H20BrN5O2S. The zero-order chi connectivity index (χ0) is 25.8. The molecule has 5 rings (SSSR count). The van der Waals surface area contributed by atoms with Crippen molar-refractivity contribution in [3.63, 3.8) is 0 Å². The van der Waals surface area contributed by atoms with Crippen LogP contribution in [0.2, 0.25) is 0 Å². The van der Waals surface area contributed by atoms with Crippen molar-refractivity contribution in [2.24, 2.45) is 0 Å². The summed E-state index contributed by atoms with van der Waals surface area (Å²) in [5, 5.41) is 7.03. The first-order valence-electron chi connectivity index (χ1n) is 11.3. The second-order valence-electron chi connectivity index (χ2n) is 8.06. The summed E-state index contributed by atoms with van der Waals surface area (Å²) in [5.74, 6) is -0.0984. The summed E-state index contributed by atoms with van der Waals surface area (Å²) in [7, 11) is 0. The van der Waals surface area contributed by atoms with Crippen LogP contribution >= 0.6 is 28.1 Å². The van der Waals surface area contributed by atoms with E-state index < -0.39 is 5.91 Å². The second kappa shape index (κ2) is 10.7. The van der Waals surface area contributed by atoms with E-state index in [2.05, 4.69) is 37.0 Å². The molecule has 0 atom stereocenters. The fraction of sp³-hybridized carbons (Fsp3) is 0. The van der Waals surface area contributed by atoms with Crippen molar-refractivity contribution in [1.29, 1.82) is 0 Å². The number of hydrogen-bond acceptors (Lipinski definition) is 4. The van der Waals surface area contributed by atoms with E-state index >= 15 is 0 Å². The van der Waals surface area contributed by atoms with Crippen LogP contribution in [0, 0.1) is 0 Å². The number of hydrogen-bond donors (Lipinski definition) is 3. The highest BCUT2D eigenvalue weighted by atomic mass is 79.9. The first kappa shape index (κ1) is 24.4. The van der Waals surface area contributed by atoms with Gasteiger partial charge >= 0.3 is 0 Å². The Kier molecular flexibility index (Phi) is 7.07. The smallest absolute Gasteiger partial charge is 0.280 e. The topological polar surface area (TPSA) is 88.0 Å². The van der Waals surface area contributed by atoms with E-state index in [0.717, 1.165) is 10.2 Å². The van der Waals surface area contributed by atoms with Crippen LogP contribution in [0.3, 0.4) is 0 Å². The number of amides is 1. The number of carbonyl (C=O) groups is 1. The Balaban J connectivity index is 1.36. The molecule has 0 saturated heterocycles. The Bertz CT molecular complexity index is 1650. The van der Waals surface area contributed by atoms with E-state index in [1.165, 1.54) is 4.68 Å². The number of thiocarbonyl (C=S) groups is 1. The van der Waals surface area contributed by atoms with Crippen molar-refractivity contribution < 1.29 is 4.79 Å². The van der Waals surface area contributed by atoms with Gasteiger partial charge in [-0.05, 0) is 72.9 Å². The van der Waals surface area contributed by atoms with Gasteiger partial charge in [-0.3, -0.25) is 15.0 Å². The van der Waals surface area contributed by atoms with E-state index in [-0.39, 0.29) is 5.56 Å². The third-order valence-electron chi connectivity index (χ3n) is 5.53. The summed E-state index contributed by atoms with van der Waals surface area (Å²) in [6.45, 7) is 0. The first-order valence-corrected chi connectivity index (χ1v) is 12.5. The highest BCUT2D eigenvalue weighted by Crippen LogP contribution is 2.19. The molecule has 0 saturated carbocycles. The molecule has 0 aliphatic rings. The maximum Gasteiger partial charge on any atom is 0.280 e. The van der Waals surface area contributed by atoms with E-state index in [4.69, 9.17) is 12.2 Å². The summed E-state index contributed by atoms with van der Waals surface area (Å²) < 4.78 is 2.17. The SMILES string of the molecule is O=C(Nn1c(-c2ccccc2)nc2ccccc2c1=O)c1ccc(NC(=S)Nc2ccc(Br)cc2)cc1. The molecule has 0 aliphatic heterocycles. The van der Waals surface area contributed by atoms with Crippen LogP contribution in [0.5, 0.6) is 0 Å². The predicted octanol–water partition coefficient (Wildman–Crippen LogP) is 6.02. The average Bonchev–Trinajstić information content (AvgIpc) is 2.92. The molecule has 5 aromatic rings. The Morgan fingerprint density at radius 1 is 0.784 bits per heavy atom. The Hall–Kier alpha value is -4.34. The van der Waals surface area contributed by atoms with Crippen LogP contribution in [0.1, 0.15) is 10.4 Å². The van der Waals surface area contributed by atoms with Crippen LogP contribution in [0.25, 0.3) is 22.3 Å². The lowest BCUT2D eigenvalue weighted by Crippen LogP contribution is -2.35. The van der Waals surface area contributed by atoms with Gasteiger partial charge in [-0.2, -0.15) is 4.68 Å². The Morgan fingerprint density at radius 2 is 1.38 bits per heavy atom. The lowest BCUT2D eigenvalue weighted by atomic mass is 10.2. The number of anilines is 2. The minimum absolute atomic E-state index is 0.348. The number of carbonyl (C=O) groups excluding carboxylic acids is 1. The van der Waals surface area contributed by atoms with E-state index in [9.17, 15) is 9.59 Å². The van der Waals surface area contributed by atoms with Crippen LogP contribution in [0.4, 0.5) is 11.4 Å². The lowest BCUT2D eigenvalue weighted by Gasteiger charge is -2.15. The first-order chi connectivity index (χ1) is 18.0. The number of nitrogens with zero attached hydrogens (tertiary/aromatic N) is 2. The maximum atomic E-state index is 13.3. The highest BCUT2D eigenvalue weighted by molar-refractivity contribution is 9.10. The Morgan fingerprint density at radius 3 is 2.05 bits per heavy atom. The van der Waals surface area contributed by atoms with Crippen molar-refractivity contribution >= 4 is 61.4 Å². The number of para-hydroxylation sites is 1. The standard InChI is InChI=1S/C28H20BrN5O2S/c29-20-12-16-22(17-13-20)31-28(37)30-21-14-10-19(11-15-21)26(35)33-34-25(18-6-2-1-3-7-18)32-24-9-5-4-8-23(24)27(34)36/h1-17H,(H,33,35)(H2,30,31,37). The molecule has 1 amide bonds. The predicted molar refractivity (Wildman–Crippen MR) is 156 cm³/mol. The summed E-state index contributed by atoms with van der Waals surface area (Å²) in [5.41, 5.74) is 5.55. The molecule has 0 fully saturated rings. The summed E-state index contributed by atoms with van der Waals surface area (Å²) >= 11 is 8.78. The van der Waals surface area contributed by atoms with Crippen molar-refractivity contribution in [2.45, 2.75) is 0 Å². The van der Waals surface area contributed by atoms with Crippen LogP contribution in [0.15, 0.2) is 112 Å². The van der Waals surface area contributed by atoms with Gasteiger partial charge in [0.05, 0.1) is 10.9 Å². The van der Waals surface area contributed by atoms with Crippen molar-refractivity contribution in [2.75, 3.05) is 16.1 Å². The fourth-order valence-electron chi connectivity index (χ4n) is 3.72. The minimum atomic E-state index is -0.446. The molecule has 0 radical (unpaired) electrons. The zero-order valence-electron chi connectivity index (χ0n) is 19.3. The highest BCUT2D eigenvalue weighted by Gasteiger charge is 2.16. The van der Waals surface area contributed by atoms with E-state index in [0.29, 0.717) is 38.7 Å². The molecular weight excluding hydrogens is 550 g/mol. The van der Waals surface area contributed by atoms with E-state index in [1.54, 1.807) is 42.5 Å². The van der Waals surface area contributed by atoms with Crippen LogP contribution < -0.4 is 21.6 Å². The van der Waals surface area contributed by atoms with Gasteiger partial charge in [0, 0.05) is 27.0 Å². The third kappa shape index (κ3) is 5.58. The number of nitrogens with one attached hydrogen (secondary N) is 3. The molecule has 4 aromatic carbocycles. The lowest BCUT2D eigenvalue weighted by molar-refractivity contribution is 0.101. The van der Waals surface area contributed by atoms with Crippen molar-refractivity contribution in [3.8, 4) is 11.4 Å². The molecule has 9 heteroatoms. The summed E-state index contributed by atoms with van der Waals surface area (Å²) in [6, 6.07) is 30.7. The average molecular weight is 570 g/mol. The number of benzene rings is 4.